The highest BCUT2D eigenvalue weighted by atomic mass is 31.2. The predicted octanol–water partition coefficient (Wildman–Crippen LogP) is 9.29. The molecule has 0 amide bonds. The van der Waals surface area contributed by atoms with Crippen LogP contribution in [0.25, 0.3) is 0 Å². The Morgan fingerprint density at radius 2 is 0.908 bits per heavy atom. The summed E-state index contributed by atoms with van der Waals surface area (Å²) in [4.78, 5) is 54.3. The molecule has 0 aliphatic heterocycles. The molecule has 0 radical (unpaired) electrons. The summed E-state index contributed by atoms with van der Waals surface area (Å²) in [5, 5.41) is 41.2. The summed E-state index contributed by atoms with van der Waals surface area (Å²) in [6.45, 7) is 3.05. The minimum atomic E-state index is -5.37. The van der Waals surface area contributed by atoms with Crippen LogP contribution in [0.15, 0.2) is 48.6 Å². The van der Waals surface area contributed by atoms with E-state index in [4.69, 9.17) is 18.5 Å². The number of aliphatic hydroxyl groups is 4. The number of rotatable bonds is 40. The first-order valence-corrected chi connectivity index (χ1v) is 27.2. The van der Waals surface area contributed by atoms with Gasteiger partial charge in [-0.1, -0.05) is 146 Å². The first kappa shape index (κ1) is 61.0. The average molecular weight is 967 g/mol. The SMILES string of the molecule is CCCCCCCCC=CCC=CCC=CCCCC(=O)O[C@H](COC(=O)CCCCCCCC=CCCCCCCCC)COP(=O)(O)O[C@H]1C(O)C(O)C(O)[C@@H](OP(=O)(O)O)C1O. The van der Waals surface area contributed by atoms with E-state index in [1.807, 2.05) is 12.2 Å². The lowest BCUT2D eigenvalue weighted by molar-refractivity contribution is -0.216. The largest absolute Gasteiger partial charge is 0.472 e. The lowest BCUT2D eigenvalue weighted by atomic mass is 9.85. The molecule has 0 aromatic carbocycles. The van der Waals surface area contributed by atoms with Gasteiger partial charge in [-0.2, -0.15) is 0 Å². The van der Waals surface area contributed by atoms with Gasteiger partial charge in [-0.3, -0.25) is 23.2 Å². The van der Waals surface area contributed by atoms with Crippen molar-refractivity contribution in [3.05, 3.63) is 48.6 Å². The van der Waals surface area contributed by atoms with Crippen molar-refractivity contribution < 1.29 is 76.9 Å². The smallest absolute Gasteiger partial charge is 0.462 e. The van der Waals surface area contributed by atoms with Gasteiger partial charge in [0, 0.05) is 12.8 Å². The summed E-state index contributed by atoms with van der Waals surface area (Å²) in [7, 11) is -10.7. The summed E-state index contributed by atoms with van der Waals surface area (Å²) in [6.07, 6.45) is 27.9. The minimum Gasteiger partial charge on any atom is -0.462 e. The fourth-order valence-electron chi connectivity index (χ4n) is 7.09. The van der Waals surface area contributed by atoms with E-state index in [9.17, 15) is 53.8 Å². The van der Waals surface area contributed by atoms with E-state index in [-0.39, 0.29) is 12.8 Å². The second-order valence-electron chi connectivity index (χ2n) is 16.8. The quantitative estimate of drug-likeness (QED) is 0.0131. The van der Waals surface area contributed by atoms with Crippen LogP contribution in [-0.2, 0) is 41.8 Å². The van der Waals surface area contributed by atoms with Gasteiger partial charge in [0.2, 0.25) is 0 Å². The molecule has 5 unspecified atom stereocenters. The van der Waals surface area contributed by atoms with Crippen molar-refractivity contribution in [3.63, 3.8) is 0 Å². The van der Waals surface area contributed by atoms with Gasteiger partial charge in [-0.15, -0.1) is 0 Å². The highest BCUT2D eigenvalue weighted by Gasteiger charge is 2.54. The number of carbonyl (C=O) groups is 2. The van der Waals surface area contributed by atoms with E-state index in [2.05, 4.69) is 54.8 Å². The van der Waals surface area contributed by atoms with Gasteiger partial charge in [0.15, 0.2) is 6.10 Å². The molecule has 0 aromatic rings. The second kappa shape index (κ2) is 37.9. The van der Waals surface area contributed by atoms with Crippen molar-refractivity contribution in [2.45, 2.75) is 224 Å². The Kier molecular flexibility index (Phi) is 35.5. The number of carbonyl (C=O) groups excluding carboxylic acids is 2. The zero-order valence-electron chi connectivity index (χ0n) is 39.2. The number of ether oxygens (including phenoxy) is 2. The zero-order valence-corrected chi connectivity index (χ0v) is 40.9. The second-order valence-corrected chi connectivity index (χ2v) is 19.4. The van der Waals surface area contributed by atoms with Gasteiger partial charge in [0.05, 0.1) is 6.61 Å². The maximum absolute atomic E-state index is 13.0. The first-order valence-electron chi connectivity index (χ1n) is 24.2. The van der Waals surface area contributed by atoms with Crippen LogP contribution >= 0.6 is 15.6 Å². The molecule has 1 fully saturated rings. The molecular formula is C47H84O16P2. The van der Waals surface area contributed by atoms with Crippen LogP contribution in [-0.4, -0.2) is 103 Å². The van der Waals surface area contributed by atoms with Gasteiger partial charge in [-0.05, 0) is 70.6 Å². The lowest BCUT2D eigenvalue weighted by Crippen LogP contribution is -2.64. The molecule has 8 atom stereocenters. The van der Waals surface area contributed by atoms with Crippen molar-refractivity contribution >= 4 is 27.6 Å². The summed E-state index contributed by atoms with van der Waals surface area (Å²) in [6, 6.07) is 0. The number of phosphoric acid groups is 2. The highest BCUT2D eigenvalue weighted by Crippen LogP contribution is 2.49. The van der Waals surface area contributed by atoms with Gasteiger partial charge < -0.3 is 44.6 Å². The number of phosphoric ester groups is 2. The van der Waals surface area contributed by atoms with Gasteiger partial charge in [0.1, 0.15) is 43.2 Å². The Balaban J connectivity index is 2.63. The molecule has 0 saturated heterocycles. The van der Waals surface area contributed by atoms with E-state index in [0.29, 0.717) is 19.3 Å². The molecule has 378 valence electrons. The number of hydrogen-bond acceptors (Lipinski definition) is 13. The van der Waals surface area contributed by atoms with Gasteiger partial charge in [0.25, 0.3) is 0 Å². The Labute approximate surface area is 388 Å². The van der Waals surface area contributed by atoms with E-state index in [1.165, 1.54) is 77.0 Å². The molecule has 0 bridgehead atoms. The summed E-state index contributed by atoms with van der Waals surface area (Å²) in [5.74, 6) is -1.28. The number of esters is 2. The lowest BCUT2D eigenvalue weighted by Gasteiger charge is -2.43. The maximum atomic E-state index is 13.0. The Morgan fingerprint density at radius 1 is 0.492 bits per heavy atom. The van der Waals surface area contributed by atoms with Crippen molar-refractivity contribution in [1.29, 1.82) is 0 Å². The molecule has 0 heterocycles. The molecule has 0 aromatic heterocycles. The Morgan fingerprint density at radius 3 is 1.42 bits per heavy atom. The van der Waals surface area contributed by atoms with E-state index >= 15 is 0 Å². The van der Waals surface area contributed by atoms with Crippen molar-refractivity contribution in [2.24, 2.45) is 0 Å². The molecule has 1 saturated carbocycles. The molecule has 7 N–H and O–H groups in total. The van der Waals surface area contributed by atoms with Crippen molar-refractivity contribution in [3.8, 4) is 0 Å². The summed E-state index contributed by atoms with van der Waals surface area (Å²) >= 11 is 0. The number of aliphatic hydroxyl groups excluding tert-OH is 4. The zero-order chi connectivity index (χ0) is 48.2. The van der Waals surface area contributed by atoms with Crippen LogP contribution in [0.3, 0.4) is 0 Å². The molecule has 65 heavy (non-hydrogen) atoms. The van der Waals surface area contributed by atoms with Crippen LogP contribution < -0.4 is 0 Å². The van der Waals surface area contributed by atoms with Crippen LogP contribution in [0.1, 0.15) is 181 Å². The number of allylic oxidation sites excluding steroid dienone is 8. The molecule has 16 nitrogen and oxygen atoms in total. The van der Waals surface area contributed by atoms with Gasteiger partial charge >= 0.3 is 27.6 Å². The van der Waals surface area contributed by atoms with Gasteiger partial charge in [-0.25, -0.2) is 9.13 Å². The average Bonchev–Trinajstić information content (AvgIpc) is 3.26. The summed E-state index contributed by atoms with van der Waals surface area (Å²) in [5.41, 5.74) is 0. The van der Waals surface area contributed by atoms with E-state index < -0.39 is 83.5 Å². The molecule has 1 aliphatic carbocycles. The normalized spacial score (nSPS) is 22.0. The molecule has 0 spiro atoms. The number of hydrogen-bond donors (Lipinski definition) is 7. The van der Waals surface area contributed by atoms with Crippen molar-refractivity contribution in [1.82, 2.24) is 0 Å². The van der Waals surface area contributed by atoms with Crippen LogP contribution in [0.2, 0.25) is 0 Å². The fourth-order valence-corrected chi connectivity index (χ4v) is 8.63. The highest BCUT2D eigenvalue weighted by molar-refractivity contribution is 7.47. The van der Waals surface area contributed by atoms with E-state index in [1.54, 1.807) is 0 Å². The standard InChI is InChI=1S/C47H84O16P2/c1-3-5-7-9-11-13-15-17-19-20-22-24-26-28-30-32-34-36-41(49)61-39(37-59-40(48)35-33-31-29-27-25-23-21-18-16-14-12-10-8-6-4-2)38-60-65(57,58)63-47-44(52)42(50)43(51)46(45(47)53)62-64(54,55)56/h17-19,21-22,24,28,30,39,42-47,50-53H,3-16,20,23,25-27,29,31-38H2,1-2H3,(H,57,58)(H2,54,55,56)/t39-,42?,43?,44?,45?,46-,47+/m1/s1. The third kappa shape index (κ3) is 32.4. The van der Waals surface area contributed by atoms with E-state index in [0.717, 1.165) is 57.8 Å². The molecule has 1 aliphatic rings. The third-order valence-corrected chi connectivity index (χ3v) is 12.4. The molecular weight excluding hydrogens is 882 g/mol. The van der Waals surface area contributed by atoms with Crippen LogP contribution in [0.5, 0.6) is 0 Å². The summed E-state index contributed by atoms with van der Waals surface area (Å²) < 4.78 is 49.3. The minimum absolute atomic E-state index is 0.0299. The maximum Gasteiger partial charge on any atom is 0.472 e. The van der Waals surface area contributed by atoms with Crippen LogP contribution in [0, 0.1) is 0 Å². The van der Waals surface area contributed by atoms with Crippen LogP contribution in [0.4, 0.5) is 0 Å². The molecule has 18 heteroatoms. The third-order valence-electron chi connectivity index (χ3n) is 10.9. The predicted molar refractivity (Wildman–Crippen MR) is 250 cm³/mol. The number of unbranched alkanes of at least 4 members (excludes halogenated alkanes) is 18. The monoisotopic (exact) mass is 967 g/mol. The Bertz CT molecular complexity index is 1450. The van der Waals surface area contributed by atoms with Crippen molar-refractivity contribution in [2.75, 3.05) is 13.2 Å². The topological polar surface area (TPSA) is 256 Å². The first-order chi connectivity index (χ1) is 31.1. The fraction of sp³-hybridized carbons (Fsp3) is 0.787. The molecule has 1 rings (SSSR count). The Hall–Kier alpha value is -2.04.